The summed E-state index contributed by atoms with van der Waals surface area (Å²) in [5.41, 5.74) is 2.71. The molecule has 9 aliphatic rings. The number of phenols is 2. The van der Waals surface area contributed by atoms with Gasteiger partial charge in [0.15, 0.2) is 46.8 Å². The first-order chi connectivity index (χ1) is 22.2. The van der Waals surface area contributed by atoms with Crippen molar-refractivity contribution in [2.75, 3.05) is 26.7 Å². The lowest BCUT2D eigenvalue weighted by Crippen LogP contribution is -2.76. The van der Waals surface area contributed by atoms with Crippen LogP contribution in [0.3, 0.4) is 0 Å². The van der Waals surface area contributed by atoms with Crippen molar-refractivity contribution in [2.24, 2.45) is 11.8 Å². The van der Waals surface area contributed by atoms with Crippen molar-refractivity contribution in [2.45, 2.75) is 105 Å². The maximum Gasteiger partial charge on any atom is 0.174 e. The van der Waals surface area contributed by atoms with E-state index in [1.54, 1.807) is 12.1 Å². The minimum Gasteiger partial charge on any atom is -0.504 e. The van der Waals surface area contributed by atoms with E-state index in [-0.39, 0.29) is 40.6 Å². The van der Waals surface area contributed by atoms with Crippen molar-refractivity contribution in [1.82, 2.24) is 9.80 Å². The smallest absolute Gasteiger partial charge is 0.174 e. The Labute approximate surface area is 268 Å². The van der Waals surface area contributed by atoms with Crippen molar-refractivity contribution in [1.29, 1.82) is 0 Å². The summed E-state index contributed by atoms with van der Waals surface area (Å²) >= 11 is 0. The van der Waals surface area contributed by atoms with E-state index in [1.807, 2.05) is 12.1 Å². The number of hydrogen-bond acceptors (Lipinski definition) is 9. The van der Waals surface area contributed by atoms with Crippen molar-refractivity contribution in [3.63, 3.8) is 0 Å². The molecule has 11 rings (SSSR count). The van der Waals surface area contributed by atoms with Gasteiger partial charge in [-0.25, -0.2) is 0 Å². The Morgan fingerprint density at radius 3 is 2.28 bits per heavy atom. The summed E-state index contributed by atoms with van der Waals surface area (Å²) in [6.45, 7) is 2.96. The number of phenolic OH excluding ortho intramolecular Hbond substituents is 2. The number of piperidine rings is 2. The largest absolute Gasteiger partial charge is 0.504 e. The topological polar surface area (TPSA) is 120 Å². The third kappa shape index (κ3) is 3.23. The number of ketones is 2. The first kappa shape index (κ1) is 27.9. The van der Waals surface area contributed by atoms with Crippen LogP contribution in [0.4, 0.5) is 0 Å². The molecule has 0 amide bonds. The van der Waals surface area contributed by atoms with Gasteiger partial charge in [0.2, 0.25) is 0 Å². The number of carbonyl (C=O) groups is 2. The molecule has 0 radical (unpaired) electrons. The lowest BCUT2D eigenvalue weighted by Gasteiger charge is -2.62. The molecular weight excluding hydrogens is 584 g/mol. The second-order valence-electron chi connectivity index (χ2n) is 15.8. The number of likely N-dealkylation sites (N-methyl/N-ethyl adjacent to an activating group) is 1. The number of likely N-dealkylation sites (tertiary alicyclic amines) is 2. The van der Waals surface area contributed by atoms with E-state index in [4.69, 9.17) is 9.47 Å². The molecule has 9 heteroatoms. The predicted molar refractivity (Wildman–Crippen MR) is 166 cm³/mol. The van der Waals surface area contributed by atoms with E-state index in [2.05, 4.69) is 16.8 Å². The number of aliphatic hydroxyl groups is 1. The summed E-state index contributed by atoms with van der Waals surface area (Å²) in [5, 5.41) is 32.5. The molecule has 4 aliphatic heterocycles. The quantitative estimate of drug-likeness (QED) is 0.462. The average molecular weight is 627 g/mol. The Bertz CT molecular complexity index is 1720. The Balaban J connectivity index is 0.000000121. The Kier molecular flexibility index (Phi) is 5.50. The third-order valence-corrected chi connectivity index (χ3v) is 13.9. The zero-order valence-electron chi connectivity index (χ0n) is 26.3. The highest BCUT2D eigenvalue weighted by Gasteiger charge is 2.73. The van der Waals surface area contributed by atoms with Crippen molar-refractivity contribution in [3.05, 3.63) is 46.5 Å². The maximum absolute atomic E-state index is 12.7. The molecular formula is C37H42N2O7. The SMILES string of the molecule is CN1CC[C@]23c4c5ccc(O)c4O[C@H]2C(=O)CC[C@H]3[C@H]1C5.O=C1CC[C@@]2(O)[C@H]3Cc4ccc(O)c5c4[C@@]2(CCN3CC2CC2)[C@H]1O5. The average Bonchev–Trinajstić information content (AvgIpc) is 3.67. The van der Waals surface area contributed by atoms with Crippen LogP contribution in [0, 0.1) is 11.8 Å². The molecule has 2 saturated heterocycles. The van der Waals surface area contributed by atoms with Crippen LogP contribution in [0.2, 0.25) is 0 Å². The molecule has 4 bridgehead atoms. The molecule has 2 aromatic carbocycles. The molecule has 9 nitrogen and oxygen atoms in total. The van der Waals surface area contributed by atoms with Gasteiger partial charge in [-0.1, -0.05) is 12.1 Å². The molecule has 4 heterocycles. The third-order valence-electron chi connectivity index (χ3n) is 13.9. The molecule has 46 heavy (non-hydrogen) atoms. The van der Waals surface area contributed by atoms with E-state index in [0.29, 0.717) is 42.7 Å². The Hall–Kier alpha value is -3.14. The van der Waals surface area contributed by atoms with Crippen LogP contribution >= 0.6 is 0 Å². The first-order valence-corrected chi connectivity index (χ1v) is 17.4. The van der Waals surface area contributed by atoms with Crippen molar-refractivity contribution < 1.29 is 34.4 Å². The maximum atomic E-state index is 12.7. The van der Waals surface area contributed by atoms with E-state index in [1.165, 1.54) is 18.4 Å². The summed E-state index contributed by atoms with van der Waals surface area (Å²) in [4.78, 5) is 30.1. The fraction of sp³-hybridized carbons (Fsp3) is 0.622. The number of benzene rings is 2. The van der Waals surface area contributed by atoms with Crippen LogP contribution in [0.25, 0.3) is 0 Å². The monoisotopic (exact) mass is 626 g/mol. The Morgan fingerprint density at radius 2 is 1.52 bits per heavy atom. The zero-order valence-corrected chi connectivity index (χ0v) is 26.3. The van der Waals surface area contributed by atoms with Gasteiger partial charge in [-0.05, 0) is 107 Å². The second-order valence-corrected chi connectivity index (χ2v) is 15.8. The normalized spacial score (nSPS) is 40.7. The summed E-state index contributed by atoms with van der Waals surface area (Å²) in [7, 11) is 2.20. The van der Waals surface area contributed by atoms with E-state index < -0.39 is 17.1 Å². The number of aromatic hydroxyl groups is 2. The first-order valence-electron chi connectivity index (χ1n) is 17.4. The molecule has 0 unspecified atom stereocenters. The zero-order chi connectivity index (χ0) is 31.3. The predicted octanol–water partition coefficient (Wildman–Crippen LogP) is 3.16. The van der Waals surface area contributed by atoms with Gasteiger partial charge in [-0.15, -0.1) is 0 Å². The lowest BCUT2D eigenvalue weighted by molar-refractivity contribution is -0.188. The van der Waals surface area contributed by atoms with Crippen molar-refractivity contribution in [3.8, 4) is 23.0 Å². The molecule has 242 valence electrons. The number of Topliss-reactive ketones (excluding diaryl/α,β-unsaturated/α-hetero) is 2. The highest BCUT2D eigenvalue weighted by atomic mass is 16.5. The highest BCUT2D eigenvalue weighted by Crippen LogP contribution is 2.65. The Morgan fingerprint density at radius 1 is 0.826 bits per heavy atom. The van der Waals surface area contributed by atoms with Gasteiger partial charge in [0, 0.05) is 48.0 Å². The minimum atomic E-state index is -0.940. The van der Waals surface area contributed by atoms with Crippen LogP contribution in [0.5, 0.6) is 23.0 Å². The number of hydrogen-bond donors (Lipinski definition) is 3. The number of carbonyl (C=O) groups excluding carboxylic acids is 2. The standard InChI is InChI=1S/C20H23NO4.C17H19NO3/c22-13-4-3-12-9-15-20(24)6-5-14(23)18-19(20,16(12)17(13)25-18)7-8-21(15)10-11-1-2-11;1-18-7-6-17-10-3-5-13(20)16(17)21-15-12(19)4-2-9(14(15)17)8-11(10)18/h3-4,11,15,18,22,24H,1-2,5-10H2;2,4,10-11,16,19H,3,5-8H2,1H3/t15-,18+,19+,20-;10-,11+,16-,17-/m10/s1. The van der Waals surface area contributed by atoms with Gasteiger partial charge in [0.25, 0.3) is 0 Å². The summed E-state index contributed by atoms with van der Waals surface area (Å²) in [5.74, 6) is 2.88. The molecule has 5 fully saturated rings. The van der Waals surface area contributed by atoms with Gasteiger partial charge in [-0.3, -0.25) is 14.5 Å². The van der Waals surface area contributed by atoms with E-state index in [0.717, 1.165) is 74.3 Å². The van der Waals surface area contributed by atoms with Crippen LogP contribution in [-0.2, 0) is 33.3 Å². The van der Waals surface area contributed by atoms with E-state index in [9.17, 15) is 24.9 Å². The summed E-state index contributed by atoms with van der Waals surface area (Å²) in [6.07, 6.45) is 7.51. The second kappa shape index (κ2) is 9.05. The molecule has 2 aromatic rings. The molecule has 3 saturated carbocycles. The summed E-state index contributed by atoms with van der Waals surface area (Å²) < 4.78 is 12.1. The fourth-order valence-electron chi connectivity index (χ4n) is 11.8. The molecule has 0 aromatic heterocycles. The molecule has 5 aliphatic carbocycles. The number of rotatable bonds is 2. The minimum absolute atomic E-state index is 0.0454. The van der Waals surface area contributed by atoms with Gasteiger partial charge in [0.05, 0.1) is 11.0 Å². The molecule has 3 N–H and O–H groups in total. The van der Waals surface area contributed by atoms with Crippen molar-refractivity contribution >= 4 is 11.6 Å². The van der Waals surface area contributed by atoms with Gasteiger partial charge in [-0.2, -0.15) is 0 Å². The highest BCUT2D eigenvalue weighted by molar-refractivity contribution is 5.90. The van der Waals surface area contributed by atoms with Crippen LogP contribution in [-0.4, -0.2) is 93.3 Å². The van der Waals surface area contributed by atoms with Gasteiger partial charge in [0.1, 0.15) is 0 Å². The van der Waals surface area contributed by atoms with Crippen LogP contribution < -0.4 is 9.47 Å². The van der Waals surface area contributed by atoms with Crippen LogP contribution in [0.15, 0.2) is 24.3 Å². The van der Waals surface area contributed by atoms with Gasteiger partial charge >= 0.3 is 0 Å². The lowest BCUT2D eigenvalue weighted by atomic mass is 9.49. The summed E-state index contributed by atoms with van der Waals surface area (Å²) in [6, 6.07) is 7.95. The van der Waals surface area contributed by atoms with E-state index >= 15 is 0 Å². The number of ether oxygens (including phenoxy) is 2. The molecule has 2 spiro atoms. The molecule has 8 atom stereocenters. The van der Waals surface area contributed by atoms with Crippen LogP contribution in [0.1, 0.15) is 73.6 Å². The fourth-order valence-corrected chi connectivity index (χ4v) is 11.8. The van der Waals surface area contributed by atoms with Gasteiger partial charge < -0.3 is 29.7 Å². The number of nitrogens with zero attached hydrogens (tertiary/aromatic N) is 2.